The standard InChI is InChI=1S/C57H39NS/c1-3-17-40(18-4-1)57(41-19-5-2-6-20-41)51-26-13-11-24-47(51)48-35-34-43(37-52(48)57)58(53-27-15-29-55-56(53)49-25-12-14-28-54(49)59-55)42-32-30-38(31-33-42)50-36-39-16-7-8-21-44(39)45-22-9-10-23-46(45)50/h1-37,44-45H. The highest BCUT2D eigenvalue weighted by molar-refractivity contribution is 7.26. The molecule has 2 heteroatoms. The lowest BCUT2D eigenvalue weighted by molar-refractivity contribution is 0.618. The highest BCUT2D eigenvalue weighted by Gasteiger charge is 2.46. The summed E-state index contributed by atoms with van der Waals surface area (Å²) in [5.41, 5.74) is 15.9. The third-order valence-corrected chi connectivity index (χ3v) is 14.1. The van der Waals surface area contributed by atoms with Crippen molar-refractivity contribution in [2.75, 3.05) is 4.90 Å². The molecule has 1 aromatic heterocycles. The zero-order valence-electron chi connectivity index (χ0n) is 32.4. The van der Waals surface area contributed by atoms with E-state index in [1.807, 2.05) is 11.3 Å². The van der Waals surface area contributed by atoms with Gasteiger partial charge in [-0.15, -0.1) is 11.3 Å². The molecule has 0 N–H and O–H groups in total. The van der Waals surface area contributed by atoms with Gasteiger partial charge in [-0.05, 0) is 98.1 Å². The first-order valence-corrected chi connectivity index (χ1v) is 21.4. The summed E-state index contributed by atoms with van der Waals surface area (Å²) in [6.45, 7) is 0. The van der Waals surface area contributed by atoms with Crippen molar-refractivity contribution in [2.45, 2.75) is 5.41 Å². The fourth-order valence-corrected chi connectivity index (χ4v) is 11.5. The minimum atomic E-state index is -0.497. The third kappa shape index (κ3) is 5.16. The maximum Gasteiger partial charge on any atom is 0.0714 e. The predicted octanol–water partition coefficient (Wildman–Crippen LogP) is 15.1. The maximum absolute atomic E-state index is 2.50. The van der Waals surface area contributed by atoms with E-state index in [0.29, 0.717) is 11.8 Å². The van der Waals surface area contributed by atoms with E-state index in [9.17, 15) is 0 Å². The van der Waals surface area contributed by atoms with E-state index in [-0.39, 0.29) is 0 Å². The van der Waals surface area contributed by atoms with E-state index in [1.54, 1.807) is 0 Å². The molecule has 2 atom stereocenters. The van der Waals surface area contributed by atoms with Gasteiger partial charge >= 0.3 is 0 Å². The molecule has 0 saturated carbocycles. The van der Waals surface area contributed by atoms with Crippen LogP contribution in [0.15, 0.2) is 236 Å². The molecule has 0 amide bonds. The van der Waals surface area contributed by atoms with Gasteiger partial charge in [-0.25, -0.2) is 0 Å². The Morgan fingerprint density at radius 2 is 1.15 bits per heavy atom. The summed E-state index contributed by atoms with van der Waals surface area (Å²) in [6.07, 6.45) is 20.5. The highest BCUT2D eigenvalue weighted by Crippen LogP contribution is 2.57. The number of rotatable bonds is 6. The second-order valence-corrected chi connectivity index (χ2v) is 17.0. The van der Waals surface area contributed by atoms with Crippen LogP contribution in [0.3, 0.4) is 0 Å². The predicted molar refractivity (Wildman–Crippen MR) is 250 cm³/mol. The molecule has 8 aromatic rings. The molecule has 0 aliphatic heterocycles. The number of benzene rings is 7. The molecule has 0 bridgehead atoms. The van der Waals surface area contributed by atoms with Crippen LogP contribution in [0.25, 0.3) is 36.9 Å². The zero-order valence-corrected chi connectivity index (χ0v) is 33.2. The Balaban J connectivity index is 1.09. The molecule has 4 aliphatic rings. The minimum Gasteiger partial charge on any atom is -0.310 e. The van der Waals surface area contributed by atoms with Crippen LogP contribution in [-0.2, 0) is 5.41 Å². The van der Waals surface area contributed by atoms with Gasteiger partial charge in [0.2, 0.25) is 0 Å². The van der Waals surface area contributed by atoms with Crippen LogP contribution in [0.5, 0.6) is 0 Å². The monoisotopic (exact) mass is 769 g/mol. The van der Waals surface area contributed by atoms with Gasteiger partial charge in [0.05, 0.1) is 11.1 Å². The van der Waals surface area contributed by atoms with E-state index >= 15 is 0 Å². The number of thiophene rings is 1. The van der Waals surface area contributed by atoms with Gasteiger partial charge in [0, 0.05) is 43.4 Å². The van der Waals surface area contributed by atoms with Crippen LogP contribution in [0, 0.1) is 11.8 Å². The van der Waals surface area contributed by atoms with Crippen LogP contribution in [-0.4, -0.2) is 0 Å². The molecule has 12 rings (SSSR count). The van der Waals surface area contributed by atoms with Crippen LogP contribution >= 0.6 is 11.3 Å². The lowest BCUT2D eigenvalue weighted by atomic mass is 9.67. The fraction of sp³-hybridized carbons (Fsp3) is 0.0526. The first-order chi connectivity index (χ1) is 29.3. The van der Waals surface area contributed by atoms with Crippen molar-refractivity contribution in [3.05, 3.63) is 264 Å². The second kappa shape index (κ2) is 13.6. The van der Waals surface area contributed by atoms with Crippen molar-refractivity contribution >= 4 is 54.1 Å². The average molecular weight is 770 g/mol. The summed E-state index contributed by atoms with van der Waals surface area (Å²) in [6, 6.07) is 63.4. The summed E-state index contributed by atoms with van der Waals surface area (Å²) >= 11 is 1.87. The number of hydrogen-bond acceptors (Lipinski definition) is 2. The number of hydrogen-bond donors (Lipinski definition) is 0. The Morgan fingerprint density at radius 3 is 1.97 bits per heavy atom. The van der Waals surface area contributed by atoms with Crippen molar-refractivity contribution < 1.29 is 0 Å². The quantitative estimate of drug-likeness (QED) is 0.163. The van der Waals surface area contributed by atoms with Gasteiger partial charge in [-0.3, -0.25) is 0 Å². The molecule has 59 heavy (non-hydrogen) atoms. The Kier molecular flexibility index (Phi) is 7.83. The Hall–Kier alpha value is -7.00. The molecular formula is C57H39NS. The van der Waals surface area contributed by atoms with Crippen molar-refractivity contribution in [3.8, 4) is 11.1 Å². The van der Waals surface area contributed by atoms with E-state index < -0.39 is 5.41 Å². The molecule has 4 aliphatic carbocycles. The molecule has 0 radical (unpaired) electrons. The molecular weight excluding hydrogens is 731 g/mol. The number of fused-ring (bicyclic) bond motifs is 9. The summed E-state index contributed by atoms with van der Waals surface area (Å²) in [4.78, 5) is 2.50. The van der Waals surface area contributed by atoms with Gasteiger partial charge < -0.3 is 4.90 Å². The normalized spacial score (nSPS) is 18.1. The smallest absolute Gasteiger partial charge is 0.0714 e. The van der Waals surface area contributed by atoms with Crippen molar-refractivity contribution in [2.24, 2.45) is 11.8 Å². The molecule has 0 saturated heterocycles. The number of nitrogens with zero attached hydrogens (tertiary/aromatic N) is 1. The van der Waals surface area contributed by atoms with E-state index in [2.05, 4.69) is 229 Å². The number of anilines is 3. The van der Waals surface area contributed by atoms with Crippen LogP contribution in [0.2, 0.25) is 0 Å². The fourth-order valence-electron chi connectivity index (χ4n) is 10.4. The SMILES string of the molecule is C1=CC2=CC(c3ccc(N(c4ccc5c(c4)C(c4ccccc4)(c4ccccc4)c4ccccc4-5)c4cccc5sc6ccccc6c45)cc3)=C3C=CC=CC3C2C=C1. The van der Waals surface area contributed by atoms with Crippen molar-refractivity contribution in [3.63, 3.8) is 0 Å². The summed E-state index contributed by atoms with van der Waals surface area (Å²) < 4.78 is 2.59. The summed E-state index contributed by atoms with van der Waals surface area (Å²) in [5, 5.41) is 2.57. The number of allylic oxidation sites excluding steroid dienone is 12. The molecule has 2 unspecified atom stereocenters. The molecule has 7 aromatic carbocycles. The van der Waals surface area contributed by atoms with E-state index in [4.69, 9.17) is 0 Å². The maximum atomic E-state index is 2.50. The third-order valence-electron chi connectivity index (χ3n) is 12.9. The Morgan fingerprint density at radius 1 is 0.492 bits per heavy atom. The van der Waals surface area contributed by atoms with E-state index in [0.717, 1.165) is 11.4 Å². The van der Waals surface area contributed by atoms with Crippen molar-refractivity contribution in [1.82, 2.24) is 0 Å². The topological polar surface area (TPSA) is 3.24 Å². The largest absolute Gasteiger partial charge is 0.310 e. The average Bonchev–Trinajstić information content (AvgIpc) is 3.84. The van der Waals surface area contributed by atoms with Crippen molar-refractivity contribution in [1.29, 1.82) is 0 Å². The van der Waals surface area contributed by atoms with Gasteiger partial charge in [-0.2, -0.15) is 0 Å². The lowest BCUT2D eigenvalue weighted by Gasteiger charge is -2.35. The Labute approximate surface area is 349 Å². The van der Waals surface area contributed by atoms with E-state index in [1.165, 1.54) is 81.5 Å². The lowest BCUT2D eigenvalue weighted by Crippen LogP contribution is -2.28. The van der Waals surface area contributed by atoms with Crippen LogP contribution in [0.1, 0.15) is 27.8 Å². The zero-order chi connectivity index (χ0) is 38.9. The molecule has 0 spiro atoms. The summed E-state index contributed by atoms with van der Waals surface area (Å²) in [7, 11) is 0. The highest BCUT2D eigenvalue weighted by atomic mass is 32.1. The molecule has 0 fully saturated rings. The van der Waals surface area contributed by atoms with Crippen LogP contribution in [0.4, 0.5) is 17.1 Å². The van der Waals surface area contributed by atoms with Gasteiger partial charge in [-0.1, -0.05) is 182 Å². The summed E-state index contributed by atoms with van der Waals surface area (Å²) in [5.74, 6) is 0.711. The van der Waals surface area contributed by atoms with Crippen LogP contribution < -0.4 is 4.90 Å². The Bertz CT molecular complexity index is 3110. The minimum absolute atomic E-state index is 0.335. The second-order valence-electron chi connectivity index (χ2n) is 15.9. The molecule has 278 valence electrons. The molecule has 1 heterocycles. The molecule has 1 nitrogen and oxygen atoms in total. The van der Waals surface area contributed by atoms with Gasteiger partial charge in [0.25, 0.3) is 0 Å². The van der Waals surface area contributed by atoms with Gasteiger partial charge in [0.1, 0.15) is 0 Å². The first kappa shape index (κ1) is 34.1. The first-order valence-electron chi connectivity index (χ1n) is 20.6. The van der Waals surface area contributed by atoms with Gasteiger partial charge in [0.15, 0.2) is 0 Å².